The topological polar surface area (TPSA) is 76.1 Å². The Balaban J connectivity index is 1.84. The van der Waals surface area contributed by atoms with Crippen LogP contribution in [0.2, 0.25) is 0 Å². The minimum Gasteiger partial charge on any atom is -0.489 e. The zero-order valence-corrected chi connectivity index (χ0v) is 13.4. The number of benzene rings is 1. The molecule has 1 N–H and O–H groups in total. The lowest BCUT2D eigenvalue weighted by molar-refractivity contribution is -0.157. The van der Waals surface area contributed by atoms with E-state index in [0.29, 0.717) is 44.1 Å². The molecule has 0 radical (unpaired) electrons. The van der Waals surface area contributed by atoms with Crippen LogP contribution in [0.15, 0.2) is 36.9 Å². The van der Waals surface area contributed by atoms with Crippen molar-refractivity contribution in [3.05, 3.63) is 42.5 Å². The lowest BCUT2D eigenvalue weighted by Crippen LogP contribution is -2.45. The fourth-order valence-electron chi connectivity index (χ4n) is 3.54. The maximum absolute atomic E-state index is 12.9. The second kappa shape index (κ2) is 6.65. The lowest BCUT2D eigenvalue weighted by Gasteiger charge is -2.33. The maximum atomic E-state index is 12.9. The van der Waals surface area contributed by atoms with Gasteiger partial charge in [-0.25, -0.2) is 0 Å². The average Bonchev–Trinajstić information content (AvgIpc) is 3.00. The number of carboxylic acids is 1. The van der Waals surface area contributed by atoms with Crippen molar-refractivity contribution in [1.82, 2.24) is 4.90 Å². The van der Waals surface area contributed by atoms with Gasteiger partial charge in [0.1, 0.15) is 12.4 Å². The normalized spacial score (nSPS) is 25.8. The zero-order valence-electron chi connectivity index (χ0n) is 13.4. The minimum atomic E-state index is -0.898. The van der Waals surface area contributed by atoms with Crippen LogP contribution < -0.4 is 4.74 Å². The van der Waals surface area contributed by atoms with Crippen molar-refractivity contribution in [1.29, 1.82) is 0 Å². The Labute approximate surface area is 140 Å². The Kier molecular flexibility index (Phi) is 4.57. The monoisotopic (exact) mass is 331 g/mol. The molecule has 6 heteroatoms. The third-order valence-electron chi connectivity index (χ3n) is 4.89. The molecular formula is C18H21NO5. The van der Waals surface area contributed by atoms with Crippen LogP contribution in [0.4, 0.5) is 0 Å². The summed E-state index contributed by atoms with van der Waals surface area (Å²) >= 11 is 0. The molecule has 2 fully saturated rings. The van der Waals surface area contributed by atoms with Crippen molar-refractivity contribution >= 4 is 11.9 Å². The zero-order chi connectivity index (χ0) is 17.2. The summed E-state index contributed by atoms with van der Waals surface area (Å²) in [6, 6.07) is 7.00. The van der Waals surface area contributed by atoms with Crippen molar-refractivity contribution in [3.63, 3.8) is 0 Å². The number of carbonyl (C=O) groups is 2. The molecule has 0 aliphatic carbocycles. The summed E-state index contributed by atoms with van der Waals surface area (Å²) in [5.74, 6) is -0.737. The SMILES string of the molecule is C=CCOc1ccccc1C(=O)N1C[C@H]2COCC[C@@]2(C(=O)O)C1. The van der Waals surface area contributed by atoms with Crippen molar-refractivity contribution in [3.8, 4) is 5.75 Å². The van der Waals surface area contributed by atoms with Gasteiger partial charge in [0.2, 0.25) is 0 Å². The fourth-order valence-corrected chi connectivity index (χ4v) is 3.54. The molecule has 1 aromatic carbocycles. The summed E-state index contributed by atoms with van der Waals surface area (Å²) in [5, 5.41) is 9.71. The molecule has 0 unspecified atom stereocenters. The molecule has 2 atom stereocenters. The Morgan fingerprint density at radius 2 is 2.25 bits per heavy atom. The Morgan fingerprint density at radius 1 is 1.46 bits per heavy atom. The van der Waals surface area contributed by atoms with E-state index >= 15 is 0 Å². The number of ether oxygens (including phenoxy) is 2. The van der Waals surface area contributed by atoms with E-state index in [1.54, 1.807) is 35.2 Å². The van der Waals surface area contributed by atoms with Gasteiger partial charge in [0.15, 0.2) is 0 Å². The van der Waals surface area contributed by atoms with Gasteiger partial charge in [-0.05, 0) is 18.6 Å². The highest BCUT2D eigenvalue weighted by molar-refractivity contribution is 5.97. The summed E-state index contributed by atoms with van der Waals surface area (Å²) in [4.78, 5) is 26.4. The van der Waals surface area contributed by atoms with Gasteiger partial charge in [-0.3, -0.25) is 9.59 Å². The number of rotatable bonds is 5. The number of carbonyl (C=O) groups excluding carboxylic acids is 1. The molecule has 0 bridgehead atoms. The first kappa shape index (κ1) is 16.5. The molecule has 0 spiro atoms. The van der Waals surface area contributed by atoms with Gasteiger partial charge in [0.05, 0.1) is 17.6 Å². The highest BCUT2D eigenvalue weighted by Crippen LogP contribution is 2.43. The predicted molar refractivity (Wildman–Crippen MR) is 87.0 cm³/mol. The first-order valence-corrected chi connectivity index (χ1v) is 8.01. The average molecular weight is 331 g/mol. The number of hydrogen-bond acceptors (Lipinski definition) is 4. The van der Waals surface area contributed by atoms with Crippen LogP contribution in [-0.2, 0) is 9.53 Å². The van der Waals surface area contributed by atoms with Gasteiger partial charge in [-0.1, -0.05) is 24.8 Å². The van der Waals surface area contributed by atoms with Gasteiger partial charge >= 0.3 is 5.97 Å². The van der Waals surface area contributed by atoms with Crippen LogP contribution in [0, 0.1) is 11.3 Å². The molecule has 0 aromatic heterocycles. The molecule has 128 valence electrons. The fraction of sp³-hybridized carbons (Fsp3) is 0.444. The summed E-state index contributed by atoms with van der Waals surface area (Å²) in [7, 11) is 0. The van der Waals surface area contributed by atoms with Gasteiger partial charge in [0, 0.05) is 25.6 Å². The third-order valence-corrected chi connectivity index (χ3v) is 4.89. The van der Waals surface area contributed by atoms with E-state index < -0.39 is 11.4 Å². The Morgan fingerprint density at radius 3 is 2.96 bits per heavy atom. The maximum Gasteiger partial charge on any atom is 0.311 e. The lowest BCUT2D eigenvalue weighted by atomic mass is 9.74. The molecule has 2 heterocycles. The number of aliphatic carboxylic acids is 1. The van der Waals surface area contributed by atoms with Gasteiger partial charge in [0.25, 0.3) is 5.91 Å². The molecule has 6 nitrogen and oxygen atoms in total. The van der Waals surface area contributed by atoms with E-state index in [4.69, 9.17) is 9.47 Å². The second-order valence-electron chi connectivity index (χ2n) is 6.26. The molecule has 24 heavy (non-hydrogen) atoms. The molecule has 1 aromatic rings. The molecule has 1 amide bonds. The number of fused-ring (bicyclic) bond motifs is 1. The van der Waals surface area contributed by atoms with Crippen LogP contribution in [-0.4, -0.2) is 54.8 Å². The van der Waals surface area contributed by atoms with Crippen LogP contribution in [0.25, 0.3) is 0 Å². The highest BCUT2D eigenvalue weighted by Gasteiger charge is 2.55. The van der Waals surface area contributed by atoms with E-state index in [2.05, 4.69) is 6.58 Å². The number of para-hydroxylation sites is 1. The Bertz CT molecular complexity index is 659. The van der Waals surface area contributed by atoms with E-state index in [1.165, 1.54) is 0 Å². The first-order chi connectivity index (χ1) is 11.6. The van der Waals surface area contributed by atoms with E-state index in [9.17, 15) is 14.7 Å². The molecule has 2 aliphatic heterocycles. The highest BCUT2D eigenvalue weighted by atomic mass is 16.5. The van der Waals surface area contributed by atoms with Gasteiger partial charge in [-0.15, -0.1) is 0 Å². The van der Waals surface area contributed by atoms with Crippen LogP contribution in [0.3, 0.4) is 0 Å². The summed E-state index contributed by atoms with van der Waals surface area (Å²) in [6.45, 7) is 5.31. The first-order valence-electron chi connectivity index (χ1n) is 8.01. The molecule has 2 aliphatic rings. The summed E-state index contributed by atoms with van der Waals surface area (Å²) in [5.41, 5.74) is -0.454. The van der Waals surface area contributed by atoms with E-state index in [0.717, 1.165) is 0 Å². The standard InChI is InChI=1S/C18H21NO5/c1-2-8-24-15-6-4-3-5-14(15)16(20)19-10-13-11-23-9-7-18(13,12-19)17(21)22/h2-6,13H,1,7-12H2,(H,21,22)/t13-,18+/m0/s1. The van der Waals surface area contributed by atoms with Crippen LogP contribution in [0.5, 0.6) is 5.75 Å². The van der Waals surface area contributed by atoms with E-state index in [-0.39, 0.29) is 18.4 Å². The number of carboxylic acid groups (broad SMARTS) is 1. The molecular weight excluding hydrogens is 310 g/mol. The molecule has 3 rings (SSSR count). The smallest absolute Gasteiger partial charge is 0.311 e. The quantitative estimate of drug-likeness (QED) is 0.833. The summed E-state index contributed by atoms with van der Waals surface area (Å²) in [6.07, 6.45) is 2.05. The third kappa shape index (κ3) is 2.78. The number of amides is 1. The summed E-state index contributed by atoms with van der Waals surface area (Å²) < 4.78 is 11.0. The van der Waals surface area contributed by atoms with E-state index in [1.807, 2.05) is 0 Å². The number of hydrogen-bond donors (Lipinski definition) is 1. The van der Waals surface area contributed by atoms with Crippen molar-refractivity contribution in [2.45, 2.75) is 6.42 Å². The Hall–Kier alpha value is -2.34. The number of likely N-dealkylation sites (tertiary alicyclic amines) is 1. The molecule has 0 saturated carbocycles. The van der Waals surface area contributed by atoms with Crippen molar-refractivity contribution < 1.29 is 24.2 Å². The predicted octanol–water partition coefficient (Wildman–Crippen LogP) is 1.81. The van der Waals surface area contributed by atoms with Crippen molar-refractivity contribution in [2.24, 2.45) is 11.3 Å². The van der Waals surface area contributed by atoms with Crippen LogP contribution >= 0.6 is 0 Å². The van der Waals surface area contributed by atoms with Gasteiger partial charge < -0.3 is 19.5 Å². The molecule has 2 saturated heterocycles. The van der Waals surface area contributed by atoms with Gasteiger partial charge in [-0.2, -0.15) is 0 Å². The van der Waals surface area contributed by atoms with Crippen LogP contribution in [0.1, 0.15) is 16.8 Å². The second-order valence-corrected chi connectivity index (χ2v) is 6.26. The number of nitrogens with zero attached hydrogens (tertiary/aromatic N) is 1. The minimum absolute atomic E-state index is 0.172. The largest absolute Gasteiger partial charge is 0.489 e. The van der Waals surface area contributed by atoms with Crippen molar-refractivity contribution in [2.75, 3.05) is 32.9 Å².